The number of rotatable bonds is 2. The molecule has 4 nitrogen and oxygen atoms in total. The second kappa shape index (κ2) is 4.08. The number of benzene rings is 1. The summed E-state index contributed by atoms with van der Waals surface area (Å²) in [5.74, 6) is -0.689. The lowest BCUT2D eigenvalue weighted by atomic mass is 9.78. The molecule has 4 heteroatoms. The number of carboxylic acid groups (broad SMARTS) is 1. The summed E-state index contributed by atoms with van der Waals surface area (Å²) in [7, 11) is 1.91. The van der Waals surface area contributed by atoms with E-state index >= 15 is 0 Å². The number of aliphatic carboxylic acids is 1. The topological polar surface area (TPSA) is 55.1 Å². The molecule has 1 aromatic heterocycles. The van der Waals surface area contributed by atoms with Crippen molar-refractivity contribution in [2.45, 2.75) is 38.0 Å². The largest absolute Gasteiger partial charge is 0.481 e. The smallest absolute Gasteiger partial charge is 0.314 e. The summed E-state index contributed by atoms with van der Waals surface area (Å²) < 4.78 is 1.84. The third kappa shape index (κ3) is 1.66. The molecular weight excluding hydrogens is 240 g/mol. The van der Waals surface area contributed by atoms with Gasteiger partial charge in [-0.05, 0) is 37.5 Å². The molecule has 0 saturated heterocycles. The van der Waals surface area contributed by atoms with Gasteiger partial charge in [-0.3, -0.25) is 9.48 Å². The molecule has 1 N–H and O–H groups in total. The minimum atomic E-state index is -0.689. The standard InChI is InChI=1S/C15H18N2O2/c1-10-12-9-11(5-6-13(12)17(2)16-10)15(14(18)19)7-3-4-8-15/h5-6,9H,3-4,7-8H2,1-2H3,(H,18,19). The van der Waals surface area contributed by atoms with E-state index in [1.807, 2.05) is 36.9 Å². The zero-order chi connectivity index (χ0) is 13.6. The number of hydrogen-bond donors (Lipinski definition) is 1. The zero-order valence-corrected chi connectivity index (χ0v) is 11.3. The first kappa shape index (κ1) is 12.2. The maximum atomic E-state index is 11.7. The van der Waals surface area contributed by atoms with Gasteiger partial charge in [0.15, 0.2) is 0 Å². The van der Waals surface area contributed by atoms with Gasteiger partial charge in [0.2, 0.25) is 0 Å². The number of fused-ring (bicyclic) bond motifs is 1. The lowest BCUT2D eigenvalue weighted by Crippen LogP contribution is -2.32. The molecule has 19 heavy (non-hydrogen) atoms. The van der Waals surface area contributed by atoms with Crippen LogP contribution in [0.5, 0.6) is 0 Å². The van der Waals surface area contributed by atoms with Gasteiger partial charge in [0, 0.05) is 12.4 Å². The van der Waals surface area contributed by atoms with Gasteiger partial charge in [0.1, 0.15) is 0 Å². The van der Waals surface area contributed by atoms with Crippen molar-refractivity contribution in [1.82, 2.24) is 9.78 Å². The Balaban J connectivity index is 2.20. The van der Waals surface area contributed by atoms with Gasteiger partial charge in [-0.15, -0.1) is 0 Å². The fourth-order valence-electron chi connectivity index (χ4n) is 3.34. The second-order valence-corrected chi connectivity index (χ2v) is 5.54. The summed E-state index contributed by atoms with van der Waals surface area (Å²) in [6, 6.07) is 5.98. The molecule has 1 aliphatic rings. The van der Waals surface area contributed by atoms with Gasteiger partial charge in [0.25, 0.3) is 0 Å². The molecule has 0 bridgehead atoms. The molecule has 3 rings (SSSR count). The number of carboxylic acids is 1. The first-order chi connectivity index (χ1) is 9.04. The maximum Gasteiger partial charge on any atom is 0.314 e. The van der Waals surface area contributed by atoms with Crippen molar-refractivity contribution in [3.63, 3.8) is 0 Å². The highest BCUT2D eigenvalue weighted by Gasteiger charge is 2.43. The van der Waals surface area contributed by atoms with Crippen LogP contribution in [0.3, 0.4) is 0 Å². The lowest BCUT2D eigenvalue weighted by Gasteiger charge is -2.24. The van der Waals surface area contributed by atoms with Crippen LogP contribution in [0.2, 0.25) is 0 Å². The van der Waals surface area contributed by atoms with Crippen LogP contribution >= 0.6 is 0 Å². The molecule has 0 atom stereocenters. The molecule has 1 saturated carbocycles. The van der Waals surface area contributed by atoms with Crippen LogP contribution in [0.15, 0.2) is 18.2 Å². The Kier molecular flexibility index (Phi) is 2.62. The van der Waals surface area contributed by atoms with Gasteiger partial charge >= 0.3 is 5.97 Å². The van der Waals surface area contributed by atoms with E-state index in [-0.39, 0.29) is 0 Å². The monoisotopic (exact) mass is 258 g/mol. The van der Waals surface area contributed by atoms with E-state index in [1.54, 1.807) is 0 Å². The first-order valence-electron chi connectivity index (χ1n) is 6.72. The molecule has 0 amide bonds. The molecule has 0 spiro atoms. The summed E-state index contributed by atoms with van der Waals surface area (Å²) in [6.07, 6.45) is 3.48. The van der Waals surface area contributed by atoms with E-state index < -0.39 is 11.4 Å². The van der Waals surface area contributed by atoms with Crippen LogP contribution in [0, 0.1) is 6.92 Å². The fourth-order valence-corrected chi connectivity index (χ4v) is 3.34. The summed E-state index contributed by atoms with van der Waals surface area (Å²) in [6.45, 7) is 1.97. The van der Waals surface area contributed by atoms with Crippen molar-refractivity contribution >= 4 is 16.9 Å². The van der Waals surface area contributed by atoms with Crippen LogP contribution in [0.25, 0.3) is 10.9 Å². The van der Waals surface area contributed by atoms with E-state index in [0.717, 1.165) is 47.8 Å². The highest BCUT2D eigenvalue weighted by molar-refractivity contribution is 5.87. The van der Waals surface area contributed by atoms with Crippen LogP contribution in [-0.4, -0.2) is 20.9 Å². The minimum Gasteiger partial charge on any atom is -0.481 e. The third-order valence-electron chi connectivity index (χ3n) is 4.45. The quantitative estimate of drug-likeness (QED) is 0.901. The second-order valence-electron chi connectivity index (χ2n) is 5.54. The predicted octanol–water partition coefficient (Wildman–Crippen LogP) is 2.78. The van der Waals surface area contributed by atoms with Crippen molar-refractivity contribution in [3.05, 3.63) is 29.5 Å². The summed E-state index contributed by atoms with van der Waals surface area (Å²) in [5, 5.41) is 15.1. The Labute approximate surface area is 112 Å². The minimum absolute atomic E-state index is 0.684. The van der Waals surface area contributed by atoms with E-state index in [1.165, 1.54) is 0 Å². The SMILES string of the molecule is Cc1nn(C)c2ccc(C3(C(=O)O)CCCC3)cc12. The van der Waals surface area contributed by atoms with Crippen molar-refractivity contribution in [3.8, 4) is 0 Å². The van der Waals surface area contributed by atoms with Gasteiger partial charge in [-0.1, -0.05) is 18.9 Å². The van der Waals surface area contributed by atoms with Gasteiger partial charge in [0.05, 0.1) is 16.6 Å². The average molecular weight is 258 g/mol. The number of aryl methyl sites for hydroxylation is 2. The lowest BCUT2D eigenvalue weighted by molar-refractivity contribution is -0.143. The van der Waals surface area contributed by atoms with Crippen LogP contribution in [0.4, 0.5) is 0 Å². The molecule has 1 aromatic carbocycles. The number of carbonyl (C=O) groups is 1. The highest BCUT2D eigenvalue weighted by atomic mass is 16.4. The average Bonchev–Trinajstić information content (AvgIpc) is 2.97. The number of hydrogen-bond acceptors (Lipinski definition) is 2. The van der Waals surface area contributed by atoms with Crippen molar-refractivity contribution in [2.75, 3.05) is 0 Å². The Bertz CT molecular complexity index is 651. The highest BCUT2D eigenvalue weighted by Crippen LogP contribution is 2.42. The van der Waals surface area contributed by atoms with Gasteiger partial charge < -0.3 is 5.11 Å². The number of nitrogens with zero attached hydrogens (tertiary/aromatic N) is 2. The summed E-state index contributed by atoms with van der Waals surface area (Å²) in [5.41, 5.74) is 2.26. The third-order valence-corrected chi connectivity index (χ3v) is 4.45. The molecular formula is C15H18N2O2. The van der Waals surface area contributed by atoms with Crippen molar-refractivity contribution in [2.24, 2.45) is 7.05 Å². The van der Waals surface area contributed by atoms with Crippen molar-refractivity contribution < 1.29 is 9.90 Å². The molecule has 100 valence electrons. The van der Waals surface area contributed by atoms with E-state index in [9.17, 15) is 9.90 Å². The molecule has 0 unspecified atom stereocenters. The number of aromatic nitrogens is 2. The normalized spacial score (nSPS) is 18.0. The Morgan fingerprint density at radius 3 is 2.68 bits per heavy atom. The van der Waals surface area contributed by atoms with Crippen LogP contribution in [-0.2, 0) is 17.3 Å². The van der Waals surface area contributed by atoms with Gasteiger partial charge in [-0.2, -0.15) is 5.10 Å². The molecule has 1 fully saturated rings. The summed E-state index contributed by atoms with van der Waals surface area (Å²) in [4.78, 5) is 11.7. The summed E-state index contributed by atoms with van der Waals surface area (Å²) >= 11 is 0. The molecule has 1 aliphatic carbocycles. The van der Waals surface area contributed by atoms with E-state index in [0.29, 0.717) is 0 Å². The van der Waals surface area contributed by atoms with E-state index in [4.69, 9.17) is 0 Å². The fraction of sp³-hybridized carbons (Fsp3) is 0.467. The predicted molar refractivity (Wildman–Crippen MR) is 73.2 cm³/mol. The van der Waals surface area contributed by atoms with Crippen molar-refractivity contribution in [1.29, 1.82) is 0 Å². The Hall–Kier alpha value is -1.84. The first-order valence-corrected chi connectivity index (χ1v) is 6.72. The Morgan fingerprint density at radius 1 is 1.37 bits per heavy atom. The molecule has 0 aliphatic heterocycles. The van der Waals surface area contributed by atoms with Crippen LogP contribution in [0.1, 0.15) is 36.9 Å². The van der Waals surface area contributed by atoms with Crippen LogP contribution < -0.4 is 0 Å². The van der Waals surface area contributed by atoms with Gasteiger partial charge in [-0.25, -0.2) is 0 Å². The molecule has 2 aromatic rings. The Morgan fingerprint density at radius 2 is 2.05 bits per heavy atom. The molecule has 1 heterocycles. The maximum absolute atomic E-state index is 11.7. The molecule has 0 radical (unpaired) electrons. The van der Waals surface area contributed by atoms with E-state index in [2.05, 4.69) is 5.10 Å². The zero-order valence-electron chi connectivity index (χ0n) is 11.3.